The third-order valence-electron chi connectivity index (χ3n) is 5.17. The van der Waals surface area contributed by atoms with E-state index in [0.29, 0.717) is 28.8 Å². The fraction of sp³-hybridized carbons (Fsp3) is 0.348. The number of anilines is 2. The summed E-state index contributed by atoms with van der Waals surface area (Å²) in [7, 11) is 0. The maximum absolute atomic E-state index is 12.7. The van der Waals surface area contributed by atoms with Gasteiger partial charge < -0.3 is 10.6 Å². The van der Waals surface area contributed by atoms with Gasteiger partial charge in [-0.3, -0.25) is 28.5 Å². The van der Waals surface area contributed by atoms with E-state index in [0.717, 1.165) is 0 Å². The number of nitrogens with one attached hydrogen (secondary N) is 2. The molecule has 2 amide bonds. The Morgan fingerprint density at radius 3 is 2.09 bits per heavy atom. The van der Waals surface area contributed by atoms with Gasteiger partial charge in [0.05, 0.1) is 10.9 Å². The third kappa shape index (κ3) is 5.11. The molecule has 3 aromatic rings. The molecule has 0 radical (unpaired) electrons. The normalized spacial score (nSPS) is 11.8. The summed E-state index contributed by atoms with van der Waals surface area (Å²) >= 11 is 0. The van der Waals surface area contributed by atoms with Gasteiger partial charge in [-0.05, 0) is 50.1 Å². The lowest BCUT2D eigenvalue weighted by Gasteiger charge is -2.14. The predicted molar refractivity (Wildman–Crippen MR) is 124 cm³/mol. The number of amides is 2. The highest BCUT2D eigenvalue weighted by Gasteiger charge is 2.16. The maximum Gasteiger partial charge on any atom is 0.331 e. The Morgan fingerprint density at radius 1 is 0.906 bits per heavy atom. The van der Waals surface area contributed by atoms with Gasteiger partial charge in [0.1, 0.15) is 0 Å². The first-order chi connectivity index (χ1) is 15.3. The highest BCUT2D eigenvalue weighted by Crippen LogP contribution is 2.17. The summed E-state index contributed by atoms with van der Waals surface area (Å²) in [5.74, 6) is -0.618. The number of nitrogens with zero attached hydrogens (tertiary/aromatic N) is 3. The molecule has 0 aliphatic rings. The zero-order valence-corrected chi connectivity index (χ0v) is 18.4. The Hall–Kier alpha value is -3.75. The Kier molecular flexibility index (Phi) is 7.19. The van der Waals surface area contributed by atoms with Crippen molar-refractivity contribution in [2.24, 2.45) is 5.92 Å². The summed E-state index contributed by atoms with van der Waals surface area (Å²) in [6, 6.07) is 8.32. The van der Waals surface area contributed by atoms with Crippen molar-refractivity contribution in [2.75, 3.05) is 10.6 Å². The summed E-state index contributed by atoms with van der Waals surface area (Å²) in [5, 5.41) is 5.93. The minimum atomic E-state index is -0.380. The fourth-order valence-electron chi connectivity index (χ4n) is 3.65. The highest BCUT2D eigenvalue weighted by atomic mass is 16.2. The van der Waals surface area contributed by atoms with E-state index < -0.39 is 0 Å². The van der Waals surface area contributed by atoms with E-state index in [1.165, 1.54) is 9.13 Å². The van der Waals surface area contributed by atoms with E-state index in [-0.39, 0.29) is 48.4 Å². The second-order valence-electron chi connectivity index (χ2n) is 7.65. The first-order valence-corrected chi connectivity index (χ1v) is 10.6. The monoisotopic (exact) mass is 437 g/mol. The lowest BCUT2D eigenvalue weighted by Crippen LogP contribution is -2.39. The van der Waals surface area contributed by atoms with E-state index >= 15 is 0 Å². The van der Waals surface area contributed by atoms with Crippen molar-refractivity contribution in [3.05, 3.63) is 63.6 Å². The highest BCUT2D eigenvalue weighted by molar-refractivity contribution is 5.95. The van der Waals surface area contributed by atoms with Crippen LogP contribution in [0.5, 0.6) is 0 Å². The molecular formula is C23H27N5O4. The maximum atomic E-state index is 12.7. The molecule has 0 fully saturated rings. The van der Waals surface area contributed by atoms with Crippen LogP contribution < -0.4 is 21.9 Å². The summed E-state index contributed by atoms with van der Waals surface area (Å²) in [6.07, 6.45) is 3.52. The van der Waals surface area contributed by atoms with Gasteiger partial charge in [-0.2, -0.15) is 0 Å². The molecule has 1 atom stereocenters. The van der Waals surface area contributed by atoms with Gasteiger partial charge in [0, 0.05) is 49.7 Å². The van der Waals surface area contributed by atoms with Crippen molar-refractivity contribution < 1.29 is 9.59 Å². The van der Waals surface area contributed by atoms with Crippen LogP contribution in [0.15, 0.2) is 52.3 Å². The summed E-state index contributed by atoms with van der Waals surface area (Å²) in [5.41, 5.74) is 0.932. The number of carbonyl (C=O) groups is 2. The fourth-order valence-corrected chi connectivity index (χ4v) is 3.65. The Balaban J connectivity index is 1.69. The van der Waals surface area contributed by atoms with Crippen LogP contribution in [0.3, 0.4) is 0 Å². The minimum Gasteiger partial charge on any atom is -0.326 e. The molecule has 0 saturated carbocycles. The molecule has 32 heavy (non-hydrogen) atoms. The van der Waals surface area contributed by atoms with Gasteiger partial charge in [0.25, 0.3) is 5.56 Å². The lowest BCUT2D eigenvalue weighted by molar-refractivity contribution is -0.118. The van der Waals surface area contributed by atoms with Crippen LogP contribution in [0.2, 0.25) is 0 Å². The minimum absolute atomic E-state index is 0.148. The number of aromatic nitrogens is 3. The van der Waals surface area contributed by atoms with E-state index in [1.807, 2.05) is 13.8 Å². The molecule has 2 aromatic heterocycles. The van der Waals surface area contributed by atoms with Crippen molar-refractivity contribution in [1.82, 2.24) is 14.1 Å². The smallest absolute Gasteiger partial charge is 0.326 e. The molecule has 1 aromatic carbocycles. The molecule has 1 unspecified atom stereocenters. The quantitative estimate of drug-likeness (QED) is 0.562. The zero-order valence-electron chi connectivity index (χ0n) is 18.4. The Bertz CT molecular complexity index is 1250. The number of hydrogen-bond donors (Lipinski definition) is 2. The Morgan fingerprint density at radius 2 is 1.50 bits per heavy atom. The van der Waals surface area contributed by atoms with Crippen molar-refractivity contribution in [3.63, 3.8) is 0 Å². The van der Waals surface area contributed by atoms with Crippen LogP contribution in [-0.4, -0.2) is 25.9 Å². The second kappa shape index (κ2) is 10.0. The largest absolute Gasteiger partial charge is 0.331 e. The van der Waals surface area contributed by atoms with E-state index in [1.54, 1.807) is 49.6 Å². The standard InChI is InChI=1S/C23H27N5O4/c1-4-27-19-7-6-17(14-18(19)22(31)28(5-2)23(27)32)26-21(30)13-15(3)12-20(29)25-16-8-10-24-11-9-16/h6-11,14-15H,4-5,12-13H2,1-3H3,(H,26,30)(H,24,25,29). The van der Waals surface area contributed by atoms with Gasteiger partial charge in [-0.15, -0.1) is 0 Å². The number of benzene rings is 1. The average Bonchev–Trinajstić information content (AvgIpc) is 2.75. The zero-order chi connectivity index (χ0) is 23.3. The van der Waals surface area contributed by atoms with Crippen molar-refractivity contribution in [2.45, 2.75) is 46.7 Å². The molecule has 3 rings (SSSR count). The second-order valence-corrected chi connectivity index (χ2v) is 7.65. The van der Waals surface area contributed by atoms with E-state index in [4.69, 9.17) is 0 Å². The third-order valence-corrected chi connectivity index (χ3v) is 5.17. The van der Waals surface area contributed by atoms with Crippen molar-refractivity contribution in [1.29, 1.82) is 0 Å². The van der Waals surface area contributed by atoms with Crippen LogP contribution in [0, 0.1) is 5.92 Å². The molecule has 9 heteroatoms. The number of carbonyl (C=O) groups excluding carboxylic acids is 2. The summed E-state index contributed by atoms with van der Waals surface area (Å²) in [6.45, 7) is 6.11. The predicted octanol–water partition coefficient (Wildman–Crippen LogP) is 2.59. The lowest BCUT2D eigenvalue weighted by atomic mass is 10.0. The molecule has 0 aliphatic carbocycles. The molecule has 0 saturated heterocycles. The number of pyridine rings is 1. The van der Waals surface area contributed by atoms with Crippen LogP contribution >= 0.6 is 0 Å². The van der Waals surface area contributed by atoms with Crippen LogP contribution in [0.25, 0.3) is 10.9 Å². The topological polar surface area (TPSA) is 115 Å². The molecule has 2 N–H and O–H groups in total. The van der Waals surface area contributed by atoms with Crippen LogP contribution in [0.4, 0.5) is 11.4 Å². The van der Waals surface area contributed by atoms with E-state index in [2.05, 4.69) is 15.6 Å². The molecule has 0 spiro atoms. The van der Waals surface area contributed by atoms with Gasteiger partial charge in [0.2, 0.25) is 11.8 Å². The van der Waals surface area contributed by atoms with E-state index in [9.17, 15) is 19.2 Å². The van der Waals surface area contributed by atoms with Gasteiger partial charge in [0.15, 0.2) is 0 Å². The summed E-state index contributed by atoms with van der Waals surface area (Å²) in [4.78, 5) is 53.8. The molecule has 0 aliphatic heterocycles. The number of hydrogen-bond acceptors (Lipinski definition) is 5. The van der Waals surface area contributed by atoms with Crippen LogP contribution in [0.1, 0.15) is 33.6 Å². The molecule has 168 valence electrons. The van der Waals surface area contributed by atoms with Crippen molar-refractivity contribution >= 4 is 34.1 Å². The van der Waals surface area contributed by atoms with Gasteiger partial charge >= 0.3 is 5.69 Å². The van der Waals surface area contributed by atoms with Crippen LogP contribution in [-0.2, 0) is 22.7 Å². The molecule has 2 heterocycles. The molecular weight excluding hydrogens is 410 g/mol. The number of rotatable bonds is 8. The molecule has 0 bridgehead atoms. The first kappa shape index (κ1) is 22.9. The van der Waals surface area contributed by atoms with Gasteiger partial charge in [-0.25, -0.2) is 4.79 Å². The number of aryl methyl sites for hydroxylation is 1. The number of fused-ring (bicyclic) bond motifs is 1. The average molecular weight is 438 g/mol. The summed E-state index contributed by atoms with van der Waals surface area (Å²) < 4.78 is 2.72. The Labute approximate surface area is 185 Å². The first-order valence-electron chi connectivity index (χ1n) is 10.6. The van der Waals surface area contributed by atoms with Gasteiger partial charge in [-0.1, -0.05) is 6.92 Å². The van der Waals surface area contributed by atoms with Crippen molar-refractivity contribution in [3.8, 4) is 0 Å². The molecule has 9 nitrogen and oxygen atoms in total. The SMILES string of the molecule is CCn1c(=O)c2cc(NC(=O)CC(C)CC(=O)Nc3ccncc3)ccc2n(CC)c1=O.